The molecule has 100 valence electrons. The molecular weight excluding hydrogens is 282 g/mol. The van der Waals surface area contributed by atoms with Gasteiger partial charge in [-0.15, -0.1) is 11.3 Å². The highest BCUT2D eigenvalue weighted by Crippen LogP contribution is 2.27. The largest absolute Gasteiger partial charge is 0.399 e. The van der Waals surface area contributed by atoms with Gasteiger partial charge in [-0.1, -0.05) is 11.6 Å². The molecule has 0 aliphatic carbocycles. The van der Waals surface area contributed by atoms with Crippen LogP contribution in [0.3, 0.4) is 0 Å². The van der Waals surface area contributed by atoms with E-state index in [0.29, 0.717) is 21.3 Å². The van der Waals surface area contributed by atoms with Crippen molar-refractivity contribution >= 4 is 40.2 Å². The minimum absolute atomic E-state index is 0.118. The summed E-state index contributed by atoms with van der Waals surface area (Å²) < 4.78 is 0.698. The minimum Gasteiger partial charge on any atom is -0.399 e. The van der Waals surface area contributed by atoms with Crippen LogP contribution in [0.2, 0.25) is 4.34 Å². The van der Waals surface area contributed by atoms with Crippen LogP contribution in [0.1, 0.15) is 28.2 Å². The summed E-state index contributed by atoms with van der Waals surface area (Å²) in [4.78, 5) is 13.1. The van der Waals surface area contributed by atoms with Gasteiger partial charge in [0.15, 0.2) is 0 Å². The average molecular weight is 296 g/mol. The fraction of sp³-hybridized carbons (Fsp3) is 0.154. The second-order valence-electron chi connectivity index (χ2n) is 4.23. The predicted octanol–water partition coefficient (Wildman–Crippen LogP) is 3.06. The molecule has 0 spiro atoms. The van der Waals surface area contributed by atoms with Crippen LogP contribution in [0.25, 0.3) is 0 Å². The second-order valence-corrected chi connectivity index (χ2v) is 5.97. The van der Waals surface area contributed by atoms with E-state index < -0.39 is 0 Å². The molecule has 1 aromatic heterocycles. The van der Waals surface area contributed by atoms with Crippen molar-refractivity contribution in [1.29, 1.82) is 0 Å². The molecule has 0 bridgehead atoms. The summed E-state index contributed by atoms with van der Waals surface area (Å²) in [7, 11) is 0. The monoisotopic (exact) mass is 295 g/mol. The quantitative estimate of drug-likeness (QED) is 0.761. The Bertz CT molecular complexity index is 591. The Kier molecular flexibility index (Phi) is 3.97. The number of nitrogens with two attached hydrogens (primary N) is 2. The molecule has 0 aliphatic heterocycles. The molecule has 2 aromatic rings. The van der Waals surface area contributed by atoms with Gasteiger partial charge in [0.1, 0.15) is 0 Å². The normalized spacial score (nSPS) is 12.1. The Balaban J connectivity index is 2.12. The average Bonchev–Trinajstić information content (AvgIpc) is 2.74. The summed E-state index contributed by atoms with van der Waals surface area (Å²) in [5, 5.41) is 2.88. The smallest absolute Gasteiger partial charge is 0.251 e. The molecular formula is C13H14ClN3OS. The van der Waals surface area contributed by atoms with E-state index in [-0.39, 0.29) is 11.9 Å². The lowest BCUT2D eigenvalue weighted by Gasteiger charge is -2.12. The van der Waals surface area contributed by atoms with Crippen molar-refractivity contribution in [3.8, 4) is 0 Å². The highest BCUT2D eigenvalue weighted by Gasteiger charge is 2.13. The number of rotatable bonds is 3. The number of amides is 1. The molecule has 1 atom stereocenters. The fourth-order valence-corrected chi connectivity index (χ4v) is 2.78. The summed E-state index contributed by atoms with van der Waals surface area (Å²) in [6, 6.07) is 8.39. The number of carbonyl (C=O) groups excluding carboxylic acids is 1. The standard InChI is InChI=1S/C13H14ClN3OS/c1-7(11-2-3-12(14)19-11)17-13(18)8-4-9(15)6-10(16)5-8/h2-7H,15-16H2,1H3,(H,17,18). The Morgan fingerprint density at radius 1 is 1.26 bits per heavy atom. The number of benzene rings is 1. The first-order chi connectivity index (χ1) is 8.95. The zero-order valence-corrected chi connectivity index (χ0v) is 11.9. The van der Waals surface area contributed by atoms with Crippen LogP contribution < -0.4 is 16.8 Å². The van der Waals surface area contributed by atoms with E-state index in [1.807, 2.05) is 19.1 Å². The van der Waals surface area contributed by atoms with E-state index in [1.165, 1.54) is 11.3 Å². The maximum absolute atomic E-state index is 12.1. The fourth-order valence-electron chi connectivity index (χ4n) is 1.72. The van der Waals surface area contributed by atoms with E-state index >= 15 is 0 Å². The Labute approximate surface area is 120 Å². The first-order valence-electron chi connectivity index (χ1n) is 5.68. The molecule has 0 saturated carbocycles. The van der Waals surface area contributed by atoms with Crippen molar-refractivity contribution in [2.45, 2.75) is 13.0 Å². The Hall–Kier alpha value is -1.72. The number of halogens is 1. The first kappa shape index (κ1) is 13.7. The second kappa shape index (κ2) is 5.50. The van der Waals surface area contributed by atoms with Crippen molar-refractivity contribution in [2.24, 2.45) is 0 Å². The molecule has 0 fully saturated rings. The van der Waals surface area contributed by atoms with Gasteiger partial charge in [0, 0.05) is 21.8 Å². The van der Waals surface area contributed by atoms with Crippen LogP contribution in [0.5, 0.6) is 0 Å². The highest BCUT2D eigenvalue weighted by atomic mass is 35.5. The SMILES string of the molecule is CC(NC(=O)c1cc(N)cc(N)c1)c1ccc(Cl)s1. The molecule has 19 heavy (non-hydrogen) atoms. The van der Waals surface area contributed by atoms with Gasteiger partial charge < -0.3 is 16.8 Å². The number of carbonyl (C=O) groups is 1. The molecule has 6 heteroatoms. The van der Waals surface area contributed by atoms with Crippen molar-refractivity contribution in [3.05, 3.63) is 45.1 Å². The number of nitrogens with one attached hydrogen (secondary N) is 1. The van der Waals surface area contributed by atoms with Crippen LogP contribution in [0.4, 0.5) is 11.4 Å². The highest BCUT2D eigenvalue weighted by molar-refractivity contribution is 7.16. The third kappa shape index (κ3) is 3.39. The molecule has 0 saturated heterocycles. The summed E-state index contributed by atoms with van der Waals surface area (Å²) >= 11 is 7.31. The van der Waals surface area contributed by atoms with Gasteiger partial charge in [0.25, 0.3) is 5.91 Å². The Morgan fingerprint density at radius 3 is 2.42 bits per heavy atom. The van der Waals surface area contributed by atoms with Gasteiger partial charge in [-0.3, -0.25) is 4.79 Å². The van der Waals surface area contributed by atoms with Crippen molar-refractivity contribution in [3.63, 3.8) is 0 Å². The van der Waals surface area contributed by atoms with Gasteiger partial charge in [0.05, 0.1) is 10.4 Å². The Morgan fingerprint density at radius 2 is 1.89 bits per heavy atom. The summed E-state index contributed by atoms with van der Waals surface area (Å²) in [6.07, 6.45) is 0. The maximum Gasteiger partial charge on any atom is 0.251 e. The van der Waals surface area contributed by atoms with Gasteiger partial charge in [-0.2, -0.15) is 0 Å². The number of hydrogen-bond acceptors (Lipinski definition) is 4. The van der Waals surface area contributed by atoms with E-state index in [9.17, 15) is 4.79 Å². The van der Waals surface area contributed by atoms with E-state index in [4.69, 9.17) is 23.1 Å². The van der Waals surface area contributed by atoms with Crippen LogP contribution in [-0.2, 0) is 0 Å². The molecule has 4 nitrogen and oxygen atoms in total. The molecule has 1 heterocycles. The zero-order valence-electron chi connectivity index (χ0n) is 10.3. The molecule has 1 aromatic carbocycles. The summed E-state index contributed by atoms with van der Waals surface area (Å²) in [5.74, 6) is -0.212. The van der Waals surface area contributed by atoms with Gasteiger partial charge in [-0.25, -0.2) is 0 Å². The molecule has 1 amide bonds. The first-order valence-corrected chi connectivity index (χ1v) is 6.87. The number of anilines is 2. The van der Waals surface area contributed by atoms with E-state index in [1.54, 1.807) is 18.2 Å². The molecule has 2 rings (SSSR count). The van der Waals surface area contributed by atoms with Gasteiger partial charge in [0.2, 0.25) is 0 Å². The number of thiophene rings is 1. The predicted molar refractivity (Wildman–Crippen MR) is 80.5 cm³/mol. The van der Waals surface area contributed by atoms with Crippen molar-refractivity contribution < 1.29 is 4.79 Å². The third-order valence-electron chi connectivity index (χ3n) is 2.61. The van der Waals surface area contributed by atoms with Crippen molar-refractivity contribution in [2.75, 3.05) is 11.5 Å². The lowest BCUT2D eigenvalue weighted by atomic mass is 10.1. The molecule has 0 radical (unpaired) electrons. The maximum atomic E-state index is 12.1. The van der Waals surface area contributed by atoms with Gasteiger partial charge in [-0.05, 0) is 37.3 Å². The number of hydrogen-bond donors (Lipinski definition) is 3. The summed E-state index contributed by atoms with van der Waals surface area (Å²) in [5.41, 5.74) is 12.7. The topological polar surface area (TPSA) is 81.1 Å². The van der Waals surface area contributed by atoms with Crippen LogP contribution in [-0.4, -0.2) is 5.91 Å². The molecule has 0 aliphatic rings. The van der Waals surface area contributed by atoms with E-state index in [0.717, 1.165) is 4.88 Å². The third-order valence-corrected chi connectivity index (χ3v) is 4.02. The summed E-state index contributed by atoms with van der Waals surface area (Å²) in [6.45, 7) is 1.90. The minimum atomic E-state index is -0.212. The lowest BCUT2D eigenvalue weighted by Crippen LogP contribution is -2.26. The lowest BCUT2D eigenvalue weighted by molar-refractivity contribution is 0.0940. The van der Waals surface area contributed by atoms with E-state index in [2.05, 4.69) is 5.32 Å². The van der Waals surface area contributed by atoms with Crippen LogP contribution in [0, 0.1) is 0 Å². The van der Waals surface area contributed by atoms with Gasteiger partial charge >= 0.3 is 0 Å². The number of nitrogen functional groups attached to an aromatic ring is 2. The molecule has 5 N–H and O–H groups in total. The molecule has 1 unspecified atom stereocenters. The van der Waals surface area contributed by atoms with Crippen LogP contribution in [0.15, 0.2) is 30.3 Å². The van der Waals surface area contributed by atoms with Crippen LogP contribution >= 0.6 is 22.9 Å². The zero-order chi connectivity index (χ0) is 14.0. The van der Waals surface area contributed by atoms with Crippen molar-refractivity contribution in [1.82, 2.24) is 5.32 Å².